The minimum atomic E-state index is -1.11. The lowest BCUT2D eigenvalue weighted by atomic mass is 10.1. The molecular formula is C13H5Cl5FNO2. The van der Waals surface area contributed by atoms with E-state index in [2.05, 4.69) is 4.98 Å². The number of hydrogen-bond donors (Lipinski definition) is 1. The lowest BCUT2D eigenvalue weighted by molar-refractivity contribution is -0.136. The maximum absolute atomic E-state index is 14.2. The number of hydrogen-bond acceptors (Lipinski definition) is 2. The molecule has 2 rings (SSSR count). The van der Waals surface area contributed by atoms with Crippen LogP contribution in [0.25, 0.3) is 11.3 Å². The minimum absolute atomic E-state index is 0.0119. The van der Waals surface area contributed by atoms with Gasteiger partial charge in [-0.3, -0.25) is 9.78 Å². The van der Waals surface area contributed by atoms with Gasteiger partial charge in [0, 0.05) is 11.8 Å². The summed E-state index contributed by atoms with van der Waals surface area (Å²) in [6.07, 6.45) is 0.837. The maximum atomic E-state index is 14.2. The van der Waals surface area contributed by atoms with Crippen molar-refractivity contribution in [2.45, 2.75) is 6.42 Å². The largest absolute Gasteiger partial charge is 0.481 e. The Kier molecular flexibility index (Phi) is 5.41. The van der Waals surface area contributed by atoms with Gasteiger partial charge in [-0.25, -0.2) is 4.39 Å². The molecule has 9 heteroatoms. The molecule has 0 saturated carbocycles. The molecule has 1 heterocycles. The molecule has 0 amide bonds. The minimum Gasteiger partial charge on any atom is -0.481 e. The molecule has 0 atom stereocenters. The highest BCUT2D eigenvalue weighted by molar-refractivity contribution is 6.56. The lowest BCUT2D eigenvalue weighted by Gasteiger charge is -2.13. The van der Waals surface area contributed by atoms with Crippen molar-refractivity contribution >= 4 is 64.0 Å². The average Bonchev–Trinajstić information content (AvgIpc) is 2.45. The van der Waals surface area contributed by atoms with Gasteiger partial charge in [-0.05, 0) is 11.6 Å². The number of rotatable bonds is 3. The molecule has 0 aliphatic heterocycles. The zero-order chi connectivity index (χ0) is 16.6. The number of benzene rings is 1. The third-order valence-corrected chi connectivity index (χ3v) is 4.98. The van der Waals surface area contributed by atoms with Gasteiger partial charge in [-0.15, -0.1) is 0 Å². The molecule has 2 aromatic rings. The highest BCUT2D eigenvalue weighted by atomic mass is 35.5. The number of halogens is 6. The molecule has 0 bridgehead atoms. The molecule has 0 fully saturated rings. The van der Waals surface area contributed by atoms with Gasteiger partial charge in [0.05, 0.1) is 31.5 Å². The first-order chi connectivity index (χ1) is 10.2. The van der Waals surface area contributed by atoms with E-state index in [0.29, 0.717) is 0 Å². The number of carbonyl (C=O) groups is 1. The SMILES string of the molecule is O=C(O)Cc1cnc(-c2c(Cl)c(Cl)c(Cl)c(Cl)c2Cl)c(F)c1. The topological polar surface area (TPSA) is 50.2 Å². The van der Waals surface area contributed by atoms with Gasteiger partial charge >= 0.3 is 5.97 Å². The molecule has 0 unspecified atom stereocenters. The molecule has 1 aromatic carbocycles. The molecule has 0 radical (unpaired) electrons. The van der Waals surface area contributed by atoms with Crippen LogP contribution < -0.4 is 0 Å². The van der Waals surface area contributed by atoms with E-state index < -0.39 is 11.8 Å². The average molecular weight is 403 g/mol. The Hall–Kier alpha value is -0.780. The van der Waals surface area contributed by atoms with Crippen LogP contribution in [0.1, 0.15) is 5.56 Å². The van der Waals surface area contributed by atoms with Gasteiger partial charge < -0.3 is 5.11 Å². The Morgan fingerprint density at radius 2 is 1.55 bits per heavy atom. The summed E-state index contributed by atoms with van der Waals surface area (Å²) < 4.78 is 14.2. The summed E-state index contributed by atoms with van der Waals surface area (Å²) in [6, 6.07) is 1.03. The molecule has 0 spiro atoms. The summed E-state index contributed by atoms with van der Waals surface area (Å²) in [7, 11) is 0. The van der Waals surface area contributed by atoms with Crippen LogP contribution in [-0.4, -0.2) is 16.1 Å². The Balaban J connectivity index is 2.65. The van der Waals surface area contributed by atoms with Crippen LogP contribution in [0.15, 0.2) is 12.3 Å². The van der Waals surface area contributed by atoms with E-state index in [0.717, 1.165) is 6.07 Å². The van der Waals surface area contributed by atoms with Crippen molar-refractivity contribution in [1.29, 1.82) is 0 Å². The van der Waals surface area contributed by atoms with Gasteiger partial charge in [0.15, 0.2) is 0 Å². The van der Waals surface area contributed by atoms with Gasteiger partial charge in [0.1, 0.15) is 11.5 Å². The highest BCUT2D eigenvalue weighted by Gasteiger charge is 2.23. The number of nitrogens with zero attached hydrogens (tertiary/aromatic N) is 1. The molecule has 22 heavy (non-hydrogen) atoms. The fourth-order valence-corrected chi connectivity index (χ4v) is 3.06. The van der Waals surface area contributed by atoms with E-state index in [4.69, 9.17) is 63.1 Å². The normalized spacial score (nSPS) is 10.8. The number of carboxylic acids is 1. The summed E-state index contributed by atoms with van der Waals surface area (Å²) >= 11 is 29.8. The number of pyridine rings is 1. The van der Waals surface area contributed by atoms with Crippen LogP contribution in [0.3, 0.4) is 0 Å². The zero-order valence-corrected chi connectivity index (χ0v) is 14.2. The van der Waals surface area contributed by atoms with E-state index in [9.17, 15) is 9.18 Å². The van der Waals surface area contributed by atoms with Gasteiger partial charge in [0.25, 0.3) is 0 Å². The first-order valence-corrected chi connectivity index (χ1v) is 7.51. The van der Waals surface area contributed by atoms with E-state index in [-0.39, 0.29) is 48.4 Å². The first kappa shape index (κ1) is 17.6. The highest BCUT2D eigenvalue weighted by Crippen LogP contribution is 2.48. The van der Waals surface area contributed by atoms with Gasteiger partial charge in [-0.1, -0.05) is 58.0 Å². The van der Waals surface area contributed by atoms with Gasteiger partial charge in [-0.2, -0.15) is 0 Å². The van der Waals surface area contributed by atoms with Crippen LogP contribution in [0.5, 0.6) is 0 Å². The standard InChI is InChI=1S/C13H5Cl5FNO2/c14-8-7(9(15)11(17)12(18)10(8)16)13-5(19)1-4(3-20-13)2-6(21)22/h1,3H,2H2,(H,21,22). The quantitative estimate of drug-likeness (QED) is 0.522. The summed E-state index contributed by atoms with van der Waals surface area (Å²) in [4.78, 5) is 14.5. The van der Waals surface area contributed by atoms with Crippen molar-refractivity contribution in [2.24, 2.45) is 0 Å². The second-order valence-corrected chi connectivity index (χ2v) is 6.08. The van der Waals surface area contributed by atoms with Gasteiger partial charge in [0.2, 0.25) is 0 Å². The Labute approximate surface area is 149 Å². The van der Waals surface area contributed by atoms with Crippen molar-refractivity contribution < 1.29 is 14.3 Å². The van der Waals surface area contributed by atoms with E-state index in [1.807, 2.05) is 0 Å². The van der Waals surface area contributed by atoms with Crippen LogP contribution in [-0.2, 0) is 11.2 Å². The molecule has 1 aromatic heterocycles. The van der Waals surface area contributed by atoms with Crippen molar-refractivity contribution in [3.05, 3.63) is 48.8 Å². The number of aliphatic carboxylic acids is 1. The molecule has 0 aliphatic carbocycles. The third-order valence-electron chi connectivity index (χ3n) is 2.70. The van der Waals surface area contributed by atoms with Crippen molar-refractivity contribution in [3.8, 4) is 11.3 Å². The molecule has 116 valence electrons. The van der Waals surface area contributed by atoms with Crippen LogP contribution in [0.2, 0.25) is 25.1 Å². The van der Waals surface area contributed by atoms with E-state index in [1.165, 1.54) is 6.20 Å². The third kappa shape index (κ3) is 3.26. The summed E-state index contributed by atoms with van der Waals surface area (Å²) in [5.41, 5.74) is -0.0288. The second-order valence-electron chi connectivity index (χ2n) is 4.19. The summed E-state index contributed by atoms with van der Waals surface area (Å²) in [5, 5.41) is 8.29. The summed E-state index contributed by atoms with van der Waals surface area (Å²) in [6.45, 7) is 0. The molecule has 1 N–H and O–H groups in total. The van der Waals surface area contributed by atoms with Crippen molar-refractivity contribution in [2.75, 3.05) is 0 Å². The smallest absolute Gasteiger partial charge is 0.307 e. The molecule has 0 aliphatic rings. The zero-order valence-electron chi connectivity index (χ0n) is 10.4. The second kappa shape index (κ2) is 6.77. The Morgan fingerprint density at radius 3 is 2.00 bits per heavy atom. The summed E-state index contributed by atoms with van der Waals surface area (Å²) in [5.74, 6) is -1.92. The fourth-order valence-electron chi connectivity index (χ4n) is 1.75. The number of aromatic nitrogens is 1. The predicted octanol–water partition coefficient (Wildman–Crippen LogP) is 5.78. The molecular weight excluding hydrogens is 398 g/mol. The van der Waals surface area contributed by atoms with E-state index >= 15 is 0 Å². The van der Waals surface area contributed by atoms with E-state index in [1.54, 1.807) is 0 Å². The Bertz CT molecular complexity index is 753. The van der Waals surface area contributed by atoms with Crippen molar-refractivity contribution in [3.63, 3.8) is 0 Å². The molecule has 0 saturated heterocycles. The molecule has 3 nitrogen and oxygen atoms in total. The first-order valence-electron chi connectivity index (χ1n) is 5.62. The van der Waals surface area contributed by atoms with Crippen LogP contribution in [0.4, 0.5) is 4.39 Å². The lowest BCUT2D eigenvalue weighted by Crippen LogP contribution is -2.02. The predicted molar refractivity (Wildman–Crippen MR) is 86.0 cm³/mol. The van der Waals surface area contributed by atoms with Crippen LogP contribution >= 0.6 is 58.0 Å². The van der Waals surface area contributed by atoms with Crippen LogP contribution in [0, 0.1) is 5.82 Å². The Morgan fingerprint density at radius 1 is 1.05 bits per heavy atom. The van der Waals surface area contributed by atoms with Crippen molar-refractivity contribution in [1.82, 2.24) is 4.98 Å². The maximum Gasteiger partial charge on any atom is 0.307 e. The fraction of sp³-hybridized carbons (Fsp3) is 0.0769. The monoisotopic (exact) mass is 401 g/mol. The number of carboxylic acid groups (broad SMARTS) is 1.